The van der Waals surface area contributed by atoms with E-state index >= 15 is 0 Å². The highest BCUT2D eigenvalue weighted by atomic mass is 32.2. The summed E-state index contributed by atoms with van der Waals surface area (Å²) in [5, 5.41) is 8.86. The molecule has 1 heterocycles. The Balaban J connectivity index is 1.87. The summed E-state index contributed by atoms with van der Waals surface area (Å²) in [5.41, 5.74) is 0.812. The maximum atomic E-state index is 12.3. The fourth-order valence-electron chi connectivity index (χ4n) is 2.47. The molecular formula is C19H25N3O5S. The second-order valence-electron chi connectivity index (χ2n) is 6.16. The number of amides is 2. The van der Waals surface area contributed by atoms with Crippen LogP contribution >= 0.6 is 11.8 Å². The van der Waals surface area contributed by atoms with Gasteiger partial charge in [0.25, 0.3) is 0 Å². The summed E-state index contributed by atoms with van der Waals surface area (Å²) < 4.78 is 15.5. The molecule has 2 N–H and O–H groups in total. The van der Waals surface area contributed by atoms with Crippen LogP contribution in [0.1, 0.15) is 31.2 Å². The Morgan fingerprint density at radius 2 is 1.96 bits per heavy atom. The monoisotopic (exact) mass is 407 g/mol. The zero-order valence-corrected chi connectivity index (χ0v) is 17.4. The lowest BCUT2D eigenvalue weighted by atomic mass is 10.1. The number of carbonyl (C=O) groups excluding carboxylic acids is 2. The van der Waals surface area contributed by atoms with Crippen LogP contribution in [-0.4, -0.2) is 42.2 Å². The maximum Gasteiger partial charge on any atom is 0.238 e. The van der Waals surface area contributed by atoms with Gasteiger partial charge in [0, 0.05) is 11.6 Å². The van der Waals surface area contributed by atoms with Crippen LogP contribution in [0.2, 0.25) is 0 Å². The van der Waals surface area contributed by atoms with Gasteiger partial charge in [-0.25, -0.2) is 0 Å². The van der Waals surface area contributed by atoms with Gasteiger partial charge in [0.05, 0.1) is 31.3 Å². The number of nitrogens with zero attached hydrogens (tertiary/aromatic N) is 1. The molecule has 0 aliphatic heterocycles. The van der Waals surface area contributed by atoms with Crippen molar-refractivity contribution in [3.8, 4) is 11.5 Å². The molecule has 28 heavy (non-hydrogen) atoms. The topological polar surface area (TPSA) is 103 Å². The number of nitrogens with one attached hydrogen (secondary N) is 2. The van der Waals surface area contributed by atoms with E-state index in [2.05, 4.69) is 15.8 Å². The Bertz CT molecular complexity index is 824. The van der Waals surface area contributed by atoms with Crippen LogP contribution in [0.25, 0.3) is 0 Å². The molecule has 1 aromatic heterocycles. The molecule has 2 amide bonds. The van der Waals surface area contributed by atoms with Crippen molar-refractivity contribution >= 4 is 29.4 Å². The van der Waals surface area contributed by atoms with E-state index < -0.39 is 5.25 Å². The average molecular weight is 407 g/mol. The fourth-order valence-corrected chi connectivity index (χ4v) is 3.16. The van der Waals surface area contributed by atoms with Gasteiger partial charge in [0.2, 0.25) is 11.8 Å². The number of carbonyl (C=O) groups is 2. The van der Waals surface area contributed by atoms with Crippen LogP contribution in [-0.2, 0) is 9.59 Å². The van der Waals surface area contributed by atoms with Gasteiger partial charge in [0.15, 0.2) is 5.82 Å². The number of benzene rings is 1. The Morgan fingerprint density at radius 3 is 2.57 bits per heavy atom. The fraction of sp³-hybridized carbons (Fsp3) is 0.421. The molecule has 0 bridgehead atoms. The molecule has 2 aromatic rings. The molecule has 8 nitrogen and oxygen atoms in total. The van der Waals surface area contributed by atoms with E-state index in [9.17, 15) is 9.59 Å². The van der Waals surface area contributed by atoms with Crippen LogP contribution in [0.5, 0.6) is 11.5 Å². The van der Waals surface area contributed by atoms with Crippen molar-refractivity contribution in [3.05, 3.63) is 35.6 Å². The first-order chi connectivity index (χ1) is 13.3. The summed E-state index contributed by atoms with van der Waals surface area (Å²) in [4.78, 5) is 24.5. The van der Waals surface area contributed by atoms with Crippen LogP contribution < -0.4 is 20.1 Å². The van der Waals surface area contributed by atoms with E-state index in [1.54, 1.807) is 46.3 Å². The van der Waals surface area contributed by atoms with E-state index in [4.69, 9.17) is 14.0 Å². The van der Waals surface area contributed by atoms with Gasteiger partial charge in [-0.05, 0) is 39.0 Å². The van der Waals surface area contributed by atoms with Gasteiger partial charge < -0.3 is 24.6 Å². The Kier molecular flexibility index (Phi) is 7.74. The minimum atomic E-state index is -0.426. The molecule has 9 heteroatoms. The lowest BCUT2D eigenvalue weighted by molar-refractivity contribution is -0.119. The highest BCUT2D eigenvalue weighted by Gasteiger charge is 2.19. The summed E-state index contributed by atoms with van der Waals surface area (Å²) in [5.74, 6) is 2.03. The van der Waals surface area contributed by atoms with Crippen molar-refractivity contribution in [2.75, 3.05) is 25.3 Å². The first-order valence-corrected chi connectivity index (χ1v) is 9.76. The summed E-state index contributed by atoms with van der Waals surface area (Å²) in [6.45, 7) is 5.33. The summed E-state index contributed by atoms with van der Waals surface area (Å²) in [6.07, 6.45) is 0. The molecule has 2 atom stereocenters. The van der Waals surface area contributed by atoms with Crippen LogP contribution in [0.3, 0.4) is 0 Å². The van der Waals surface area contributed by atoms with Crippen molar-refractivity contribution in [1.82, 2.24) is 10.5 Å². The highest BCUT2D eigenvalue weighted by Crippen LogP contribution is 2.29. The molecule has 0 saturated heterocycles. The van der Waals surface area contributed by atoms with Crippen molar-refractivity contribution in [2.45, 2.75) is 32.1 Å². The first-order valence-electron chi connectivity index (χ1n) is 8.71. The first kappa shape index (κ1) is 21.6. The van der Waals surface area contributed by atoms with E-state index in [0.29, 0.717) is 23.1 Å². The molecule has 1 aromatic carbocycles. The van der Waals surface area contributed by atoms with Gasteiger partial charge in [-0.15, -0.1) is 11.8 Å². The van der Waals surface area contributed by atoms with Gasteiger partial charge in [-0.3, -0.25) is 9.59 Å². The SMILES string of the molecule is COc1ccc(OC)c([C@@H](C)NC(=O)CS[C@H](C)C(=O)Nc2cc(C)on2)c1. The molecule has 0 radical (unpaired) electrons. The second kappa shape index (κ2) is 10.0. The molecule has 2 rings (SSSR count). The number of ether oxygens (including phenoxy) is 2. The van der Waals surface area contributed by atoms with E-state index in [1.807, 2.05) is 13.0 Å². The molecular weight excluding hydrogens is 382 g/mol. The highest BCUT2D eigenvalue weighted by molar-refractivity contribution is 8.01. The summed E-state index contributed by atoms with van der Waals surface area (Å²) >= 11 is 1.24. The molecule has 0 saturated carbocycles. The smallest absolute Gasteiger partial charge is 0.238 e. The number of anilines is 1. The standard InChI is InChI=1S/C19H25N3O5S/c1-11-8-17(22-27-11)21-19(24)13(3)28-10-18(23)20-12(2)15-9-14(25-4)6-7-16(15)26-5/h6-9,12-13H,10H2,1-5H3,(H,20,23)(H,21,22,24)/t12-,13-/m1/s1. The Hall–Kier alpha value is -2.68. The van der Waals surface area contributed by atoms with Crippen LogP contribution in [0, 0.1) is 6.92 Å². The van der Waals surface area contributed by atoms with Crippen molar-refractivity contribution in [3.63, 3.8) is 0 Å². The molecule has 0 aliphatic carbocycles. The Labute approximate surface area is 168 Å². The summed E-state index contributed by atoms with van der Waals surface area (Å²) in [6, 6.07) is 6.77. The maximum absolute atomic E-state index is 12.3. The third-order valence-electron chi connectivity index (χ3n) is 3.99. The van der Waals surface area contributed by atoms with Crippen molar-refractivity contribution < 1.29 is 23.6 Å². The lowest BCUT2D eigenvalue weighted by Gasteiger charge is -2.18. The van der Waals surface area contributed by atoms with E-state index in [-0.39, 0.29) is 23.6 Å². The van der Waals surface area contributed by atoms with E-state index in [0.717, 1.165) is 5.56 Å². The molecule has 0 spiro atoms. The number of thioether (sulfide) groups is 1. The molecule has 152 valence electrons. The minimum absolute atomic E-state index is 0.142. The van der Waals surface area contributed by atoms with Gasteiger partial charge in [0.1, 0.15) is 17.3 Å². The predicted octanol–water partition coefficient (Wildman–Crippen LogP) is 2.94. The molecule has 0 fully saturated rings. The van der Waals surface area contributed by atoms with Gasteiger partial charge in [-0.1, -0.05) is 5.16 Å². The number of aryl methyl sites for hydroxylation is 1. The third kappa shape index (κ3) is 5.91. The predicted molar refractivity (Wildman–Crippen MR) is 108 cm³/mol. The summed E-state index contributed by atoms with van der Waals surface area (Å²) in [7, 11) is 3.16. The lowest BCUT2D eigenvalue weighted by Crippen LogP contribution is -2.30. The minimum Gasteiger partial charge on any atom is -0.497 e. The van der Waals surface area contributed by atoms with Crippen molar-refractivity contribution in [1.29, 1.82) is 0 Å². The zero-order valence-electron chi connectivity index (χ0n) is 16.6. The number of hydrogen-bond acceptors (Lipinski definition) is 7. The number of rotatable bonds is 9. The van der Waals surface area contributed by atoms with Crippen LogP contribution in [0.15, 0.2) is 28.8 Å². The van der Waals surface area contributed by atoms with E-state index in [1.165, 1.54) is 11.8 Å². The second-order valence-corrected chi connectivity index (χ2v) is 7.49. The number of methoxy groups -OCH3 is 2. The molecule has 0 aliphatic rings. The Morgan fingerprint density at radius 1 is 1.21 bits per heavy atom. The van der Waals surface area contributed by atoms with Gasteiger partial charge >= 0.3 is 0 Å². The zero-order chi connectivity index (χ0) is 20.7. The third-order valence-corrected chi connectivity index (χ3v) is 5.14. The molecule has 0 unspecified atom stereocenters. The number of hydrogen-bond donors (Lipinski definition) is 2. The quantitative estimate of drug-likeness (QED) is 0.659. The van der Waals surface area contributed by atoms with Gasteiger partial charge in [-0.2, -0.15) is 0 Å². The van der Waals surface area contributed by atoms with Crippen molar-refractivity contribution in [2.24, 2.45) is 0 Å². The number of aromatic nitrogens is 1. The average Bonchev–Trinajstić information content (AvgIpc) is 3.09. The largest absolute Gasteiger partial charge is 0.497 e. The normalized spacial score (nSPS) is 12.8. The van der Waals surface area contributed by atoms with Crippen LogP contribution in [0.4, 0.5) is 5.82 Å².